The first kappa shape index (κ1) is 7.60. The highest BCUT2D eigenvalue weighted by molar-refractivity contribution is 5.20. The minimum atomic E-state index is 0.744. The van der Waals surface area contributed by atoms with Gasteiger partial charge in [0.15, 0.2) is 0 Å². The van der Waals surface area contributed by atoms with Gasteiger partial charge in [0.1, 0.15) is 6.20 Å². The molecule has 0 bridgehead atoms. The number of hydrogen-bond donors (Lipinski definition) is 2. The first-order chi connectivity index (χ1) is 5.38. The van der Waals surface area contributed by atoms with Gasteiger partial charge in [0.05, 0.1) is 18.9 Å². The molecule has 0 radical (unpaired) electrons. The minimum Gasteiger partial charge on any atom is -0.273 e. The van der Waals surface area contributed by atoms with Gasteiger partial charge >= 0.3 is 5.95 Å². The zero-order valence-corrected chi connectivity index (χ0v) is 6.38. The highest BCUT2D eigenvalue weighted by Gasteiger charge is 2.03. The molecule has 0 fully saturated rings. The quantitative estimate of drug-likeness (QED) is 0.487. The second-order valence-corrected chi connectivity index (χ2v) is 2.07. The summed E-state index contributed by atoms with van der Waals surface area (Å²) in [5, 5.41) is 3.11. The molecule has 0 aliphatic heterocycles. The molecule has 0 saturated carbocycles. The van der Waals surface area contributed by atoms with Crippen LogP contribution in [0.3, 0.4) is 0 Å². The van der Waals surface area contributed by atoms with Crippen LogP contribution in [0.2, 0.25) is 0 Å². The van der Waals surface area contributed by atoms with E-state index in [1.807, 2.05) is 17.0 Å². The number of rotatable bonds is 4. The number of nitrogens with zero attached hydrogens (tertiary/aromatic N) is 1. The van der Waals surface area contributed by atoms with E-state index >= 15 is 0 Å². The highest BCUT2D eigenvalue weighted by Crippen LogP contribution is 1.91. The third-order valence-electron chi connectivity index (χ3n) is 1.32. The number of aromatic amines is 1. The molecule has 2 N–H and O–H groups in total. The van der Waals surface area contributed by atoms with Gasteiger partial charge < -0.3 is 0 Å². The molecule has 0 aliphatic carbocycles. The molecule has 58 valence electrons. The summed E-state index contributed by atoms with van der Waals surface area (Å²) in [4.78, 5) is 3.02. The third-order valence-corrected chi connectivity index (χ3v) is 1.32. The van der Waals surface area contributed by atoms with Crippen molar-refractivity contribution in [3.05, 3.63) is 31.6 Å². The molecular weight excluding hydrogens is 138 g/mol. The Hall–Kier alpha value is -1.51. The van der Waals surface area contributed by atoms with Gasteiger partial charge in [-0.2, -0.15) is 0 Å². The van der Waals surface area contributed by atoms with Gasteiger partial charge in [-0.1, -0.05) is 19.2 Å². The van der Waals surface area contributed by atoms with Crippen molar-refractivity contribution in [3.8, 4) is 0 Å². The van der Waals surface area contributed by atoms with E-state index in [1.165, 1.54) is 0 Å². The molecule has 0 amide bonds. The van der Waals surface area contributed by atoms with Crippen molar-refractivity contribution >= 4 is 12.1 Å². The first-order valence-corrected chi connectivity index (χ1v) is 3.44. The van der Waals surface area contributed by atoms with Crippen LogP contribution in [-0.4, -0.2) is 11.5 Å². The van der Waals surface area contributed by atoms with Crippen molar-refractivity contribution in [1.82, 2.24) is 4.98 Å². The Morgan fingerprint density at radius 1 is 1.64 bits per heavy atom. The van der Waals surface area contributed by atoms with Crippen molar-refractivity contribution in [3.63, 3.8) is 0 Å². The van der Waals surface area contributed by atoms with E-state index < -0.39 is 0 Å². The summed E-state index contributed by atoms with van der Waals surface area (Å²) in [6, 6.07) is 0. The van der Waals surface area contributed by atoms with Gasteiger partial charge in [0.2, 0.25) is 0 Å². The minimum absolute atomic E-state index is 0.744. The van der Waals surface area contributed by atoms with Crippen LogP contribution in [0.5, 0.6) is 0 Å². The van der Waals surface area contributed by atoms with Crippen LogP contribution in [0.4, 0.5) is 5.95 Å². The highest BCUT2D eigenvalue weighted by atomic mass is 15.2. The molecule has 1 aromatic heterocycles. The topological polar surface area (TPSA) is 31.7 Å². The standard InChI is InChI=1S/C8H11N3/c1-3-5-9-8-10-6-7-11(8)4-2/h3-4,6-7H,1-2,5H2,(H,9,10)/p+1. The third kappa shape index (κ3) is 1.70. The zero-order valence-electron chi connectivity index (χ0n) is 6.38. The van der Waals surface area contributed by atoms with Gasteiger partial charge in [-0.05, 0) is 0 Å². The number of nitrogens with one attached hydrogen (secondary N) is 2. The Kier molecular flexibility index (Phi) is 2.49. The van der Waals surface area contributed by atoms with E-state index in [2.05, 4.69) is 23.5 Å². The van der Waals surface area contributed by atoms with Gasteiger partial charge in [0, 0.05) is 0 Å². The number of aromatic nitrogens is 2. The van der Waals surface area contributed by atoms with E-state index in [0.29, 0.717) is 0 Å². The maximum atomic E-state index is 3.65. The summed E-state index contributed by atoms with van der Waals surface area (Å²) in [6.07, 6.45) is 7.25. The van der Waals surface area contributed by atoms with Crippen LogP contribution in [0, 0.1) is 0 Å². The Labute approximate surface area is 66.1 Å². The molecule has 0 spiro atoms. The van der Waals surface area contributed by atoms with E-state index in [0.717, 1.165) is 12.5 Å². The number of anilines is 1. The number of hydrogen-bond acceptors (Lipinski definition) is 1. The molecule has 0 aliphatic rings. The molecule has 11 heavy (non-hydrogen) atoms. The summed E-state index contributed by atoms with van der Waals surface area (Å²) in [5.74, 6) is 0.917. The van der Waals surface area contributed by atoms with Crippen LogP contribution >= 0.6 is 0 Å². The largest absolute Gasteiger partial charge is 0.359 e. The fourth-order valence-corrected chi connectivity index (χ4v) is 0.809. The number of imidazole rings is 1. The SMILES string of the molecule is C=CCNc1[nH]cc[n+]1C=C. The number of H-pyrrole nitrogens is 1. The van der Waals surface area contributed by atoms with Crippen LogP contribution in [0.1, 0.15) is 0 Å². The maximum Gasteiger partial charge on any atom is 0.359 e. The fourth-order valence-electron chi connectivity index (χ4n) is 0.809. The van der Waals surface area contributed by atoms with E-state index in [1.54, 1.807) is 12.3 Å². The predicted molar refractivity (Wildman–Crippen MR) is 46.1 cm³/mol. The molecule has 0 atom stereocenters. The lowest BCUT2D eigenvalue weighted by molar-refractivity contribution is -0.550. The van der Waals surface area contributed by atoms with Crippen molar-refractivity contribution < 1.29 is 4.57 Å². The average Bonchev–Trinajstić information content (AvgIpc) is 2.47. The van der Waals surface area contributed by atoms with E-state index in [9.17, 15) is 0 Å². The van der Waals surface area contributed by atoms with Crippen LogP contribution < -0.4 is 9.88 Å². The summed E-state index contributed by atoms with van der Waals surface area (Å²) >= 11 is 0. The van der Waals surface area contributed by atoms with Crippen LogP contribution in [0.25, 0.3) is 6.20 Å². The van der Waals surface area contributed by atoms with Crippen molar-refractivity contribution in [2.24, 2.45) is 0 Å². The normalized spacial score (nSPS) is 9.09. The van der Waals surface area contributed by atoms with E-state index in [4.69, 9.17) is 0 Å². The lowest BCUT2D eigenvalue weighted by Crippen LogP contribution is -2.27. The molecular formula is C8H12N3+. The fraction of sp³-hybridized carbons (Fsp3) is 0.125. The maximum absolute atomic E-state index is 3.65. The second-order valence-electron chi connectivity index (χ2n) is 2.07. The second kappa shape index (κ2) is 3.61. The van der Waals surface area contributed by atoms with Crippen LogP contribution in [-0.2, 0) is 0 Å². The van der Waals surface area contributed by atoms with Crippen molar-refractivity contribution in [2.45, 2.75) is 0 Å². The molecule has 3 heteroatoms. The average molecular weight is 150 g/mol. The van der Waals surface area contributed by atoms with Gasteiger partial charge in [-0.25, -0.2) is 9.55 Å². The molecule has 1 aromatic rings. The summed E-state index contributed by atoms with van der Waals surface area (Å²) in [5.41, 5.74) is 0. The Morgan fingerprint density at radius 2 is 2.45 bits per heavy atom. The van der Waals surface area contributed by atoms with Crippen molar-refractivity contribution in [2.75, 3.05) is 11.9 Å². The zero-order chi connectivity index (χ0) is 8.10. The Balaban J connectivity index is 2.67. The van der Waals surface area contributed by atoms with Gasteiger partial charge in [-0.3, -0.25) is 5.32 Å². The summed E-state index contributed by atoms with van der Waals surface area (Å²) in [7, 11) is 0. The summed E-state index contributed by atoms with van der Waals surface area (Å²) < 4.78 is 1.86. The van der Waals surface area contributed by atoms with Gasteiger partial charge in [0.25, 0.3) is 0 Å². The molecule has 0 aromatic carbocycles. The molecule has 0 saturated heterocycles. The molecule has 3 nitrogen and oxygen atoms in total. The lowest BCUT2D eigenvalue weighted by Gasteiger charge is -1.93. The molecule has 1 heterocycles. The monoisotopic (exact) mass is 150 g/mol. The van der Waals surface area contributed by atoms with E-state index in [-0.39, 0.29) is 0 Å². The van der Waals surface area contributed by atoms with Crippen LogP contribution in [0.15, 0.2) is 31.6 Å². The van der Waals surface area contributed by atoms with Crippen molar-refractivity contribution in [1.29, 1.82) is 0 Å². The van der Waals surface area contributed by atoms with Gasteiger partial charge in [-0.15, -0.1) is 0 Å². The Bertz CT molecular complexity index is 250. The summed E-state index contributed by atoms with van der Waals surface area (Å²) in [6.45, 7) is 8.00. The smallest absolute Gasteiger partial charge is 0.273 e. The molecule has 1 rings (SSSR count). The molecule has 0 unspecified atom stereocenters. The predicted octanol–water partition coefficient (Wildman–Crippen LogP) is 1.00. The Morgan fingerprint density at radius 3 is 3.09 bits per heavy atom. The first-order valence-electron chi connectivity index (χ1n) is 3.44. The lowest BCUT2D eigenvalue weighted by atomic mass is 10.6.